The van der Waals surface area contributed by atoms with E-state index < -0.39 is 0 Å². The summed E-state index contributed by atoms with van der Waals surface area (Å²) < 4.78 is 10.4. The summed E-state index contributed by atoms with van der Waals surface area (Å²) in [7, 11) is 1.67. The summed E-state index contributed by atoms with van der Waals surface area (Å²) in [6.07, 6.45) is 2.07. The molecule has 1 rings (SSSR count). The van der Waals surface area contributed by atoms with Crippen LogP contribution in [-0.4, -0.2) is 48.5 Å². The fourth-order valence-electron chi connectivity index (χ4n) is 1.26. The summed E-state index contributed by atoms with van der Waals surface area (Å²) in [6, 6.07) is 0.801. The third-order valence-electron chi connectivity index (χ3n) is 2.01. The van der Waals surface area contributed by atoms with Crippen LogP contribution in [0.15, 0.2) is 4.42 Å². The minimum absolute atomic E-state index is 0.319. The Hall–Kier alpha value is -0.790. The van der Waals surface area contributed by atoms with Crippen LogP contribution in [0.5, 0.6) is 0 Å². The van der Waals surface area contributed by atoms with E-state index in [1.807, 2.05) is 0 Å². The Morgan fingerprint density at radius 1 is 1.47 bits per heavy atom. The molecule has 0 aliphatic carbocycles. The van der Waals surface area contributed by atoms with Gasteiger partial charge in [0.15, 0.2) is 0 Å². The van der Waals surface area contributed by atoms with Crippen molar-refractivity contribution in [1.29, 1.82) is 0 Å². The first-order chi connectivity index (χ1) is 8.26. The van der Waals surface area contributed by atoms with E-state index in [1.54, 1.807) is 18.9 Å². The van der Waals surface area contributed by atoms with Crippen molar-refractivity contribution < 1.29 is 9.15 Å². The van der Waals surface area contributed by atoms with E-state index in [0.29, 0.717) is 31.1 Å². The molecule has 0 spiro atoms. The summed E-state index contributed by atoms with van der Waals surface area (Å²) in [5.41, 5.74) is 0. The van der Waals surface area contributed by atoms with Gasteiger partial charge in [-0.1, -0.05) is 5.10 Å². The molecule has 2 N–H and O–H groups in total. The van der Waals surface area contributed by atoms with Gasteiger partial charge in [-0.05, 0) is 13.2 Å². The number of anilines is 1. The maximum atomic E-state index is 5.43. The zero-order valence-electron chi connectivity index (χ0n) is 10.5. The SMILES string of the molecule is COCCNCc1nnc(NC(C)CSC)o1. The molecule has 0 aliphatic rings. The first-order valence-corrected chi connectivity index (χ1v) is 6.93. The summed E-state index contributed by atoms with van der Waals surface area (Å²) in [5, 5.41) is 14.2. The van der Waals surface area contributed by atoms with Crippen LogP contribution in [-0.2, 0) is 11.3 Å². The third-order valence-corrected chi connectivity index (χ3v) is 2.85. The van der Waals surface area contributed by atoms with Gasteiger partial charge in [0.05, 0.1) is 13.2 Å². The lowest BCUT2D eigenvalue weighted by Crippen LogP contribution is -2.18. The number of hydrogen-bond donors (Lipinski definition) is 2. The molecule has 0 saturated heterocycles. The van der Waals surface area contributed by atoms with Gasteiger partial charge in [-0.2, -0.15) is 11.8 Å². The topological polar surface area (TPSA) is 72.2 Å². The van der Waals surface area contributed by atoms with Crippen LogP contribution in [0.3, 0.4) is 0 Å². The van der Waals surface area contributed by atoms with E-state index >= 15 is 0 Å². The zero-order chi connectivity index (χ0) is 12.5. The second kappa shape index (κ2) is 8.32. The Balaban J connectivity index is 2.27. The van der Waals surface area contributed by atoms with Crippen molar-refractivity contribution in [3.63, 3.8) is 0 Å². The van der Waals surface area contributed by atoms with Gasteiger partial charge in [0.25, 0.3) is 0 Å². The lowest BCUT2D eigenvalue weighted by Gasteiger charge is -2.08. The molecule has 1 heterocycles. The van der Waals surface area contributed by atoms with E-state index in [-0.39, 0.29) is 0 Å². The maximum Gasteiger partial charge on any atom is 0.315 e. The molecule has 0 aliphatic heterocycles. The molecule has 0 bridgehead atoms. The monoisotopic (exact) mass is 260 g/mol. The molecule has 0 fully saturated rings. The lowest BCUT2D eigenvalue weighted by atomic mass is 10.4. The molecule has 0 aromatic carbocycles. The Labute approximate surface area is 106 Å². The molecule has 1 aromatic rings. The first kappa shape index (κ1) is 14.3. The van der Waals surface area contributed by atoms with Crippen LogP contribution < -0.4 is 10.6 Å². The average molecular weight is 260 g/mol. The quantitative estimate of drug-likeness (QED) is 0.641. The molecular formula is C10H20N4O2S. The number of nitrogens with one attached hydrogen (secondary N) is 2. The zero-order valence-corrected chi connectivity index (χ0v) is 11.3. The van der Waals surface area contributed by atoms with E-state index in [1.165, 1.54) is 0 Å². The molecule has 0 amide bonds. The van der Waals surface area contributed by atoms with Gasteiger partial charge in [0.1, 0.15) is 0 Å². The fraction of sp³-hybridized carbons (Fsp3) is 0.800. The summed E-state index contributed by atoms with van der Waals surface area (Å²) >= 11 is 1.78. The van der Waals surface area contributed by atoms with Crippen molar-refractivity contribution >= 4 is 17.8 Å². The third kappa shape index (κ3) is 5.90. The number of ether oxygens (including phenoxy) is 1. The highest BCUT2D eigenvalue weighted by molar-refractivity contribution is 7.98. The number of aromatic nitrogens is 2. The van der Waals surface area contributed by atoms with Gasteiger partial charge in [0, 0.05) is 25.4 Å². The van der Waals surface area contributed by atoms with Crippen LogP contribution in [0.2, 0.25) is 0 Å². The van der Waals surface area contributed by atoms with Crippen LogP contribution >= 0.6 is 11.8 Å². The van der Waals surface area contributed by atoms with Crippen LogP contribution in [0, 0.1) is 0 Å². The van der Waals surface area contributed by atoms with Gasteiger partial charge in [-0.25, -0.2) is 0 Å². The van der Waals surface area contributed by atoms with Crippen molar-refractivity contribution in [1.82, 2.24) is 15.5 Å². The van der Waals surface area contributed by atoms with Gasteiger partial charge >= 0.3 is 6.01 Å². The van der Waals surface area contributed by atoms with Crippen LogP contribution in [0.4, 0.5) is 6.01 Å². The Morgan fingerprint density at radius 2 is 2.29 bits per heavy atom. The molecule has 1 aromatic heterocycles. The Bertz CT molecular complexity index is 308. The van der Waals surface area contributed by atoms with Crippen LogP contribution in [0.1, 0.15) is 12.8 Å². The molecule has 6 nitrogen and oxygen atoms in total. The van der Waals surface area contributed by atoms with Gasteiger partial charge in [-0.3, -0.25) is 0 Å². The molecular weight excluding hydrogens is 240 g/mol. The van der Waals surface area contributed by atoms with E-state index in [4.69, 9.17) is 9.15 Å². The number of thioether (sulfide) groups is 1. The highest BCUT2D eigenvalue weighted by Gasteiger charge is 2.08. The molecule has 98 valence electrons. The van der Waals surface area contributed by atoms with Crippen molar-refractivity contribution in [3.05, 3.63) is 5.89 Å². The molecule has 7 heteroatoms. The Morgan fingerprint density at radius 3 is 3.00 bits per heavy atom. The molecule has 1 unspecified atom stereocenters. The highest BCUT2D eigenvalue weighted by atomic mass is 32.2. The number of nitrogens with zero attached hydrogens (tertiary/aromatic N) is 2. The molecule has 17 heavy (non-hydrogen) atoms. The van der Waals surface area contributed by atoms with Gasteiger partial charge in [-0.15, -0.1) is 5.10 Å². The minimum Gasteiger partial charge on any atom is -0.407 e. The number of methoxy groups -OCH3 is 1. The Kier molecular flexibility index (Phi) is 6.99. The van der Waals surface area contributed by atoms with Crippen molar-refractivity contribution in [2.45, 2.75) is 19.5 Å². The fourth-order valence-corrected chi connectivity index (χ4v) is 1.84. The largest absolute Gasteiger partial charge is 0.407 e. The summed E-state index contributed by atoms with van der Waals surface area (Å²) in [5.74, 6) is 1.59. The second-order valence-corrected chi connectivity index (χ2v) is 4.58. The lowest BCUT2D eigenvalue weighted by molar-refractivity contribution is 0.198. The van der Waals surface area contributed by atoms with Gasteiger partial charge in [0.2, 0.25) is 5.89 Å². The number of hydrogen-bond acceptors (Lipinski definition) is 7. The van der Waals surface area contributed by atoms with Gasteiger partial charge < -0.3 is 19.8 Å². The predicted molar refractivity (Wildman–Crippen MR) is 69.3 cm³/mol. The van der Waals surface area contributed by atoms with Crippen molar-refractivity contribution in [3.8, 4) is 0 Å². The standard InChI is InChI=1S/C10H20N4O2S/c1-8(7-17-3)12-10-14-13-9(16-10)6-11-4-5-15-2/h8,11H,4-7H2,1-3H3,(H,12,14). The normalized spacial score (nSPS) is 12.6. The summed E-state index contributed by atoms with van der Waals surface area (Å²) in [4.78, 5) is 0. The van der Waals surface area contributed by atoms with E-state index in [9.17, 15) is 0 Å². The minimum atomic E-state index is 0.319. The molecule has 1 atom stereocenters. The first-order valence-electron chi connectivity index (χ1n) is 5.53. The van der Waals surface area contributed by atoms with Crippen molar-refractivity contribution in [2.75, 3.05) is 37.6 Å². The van der Waals surface area contributed by atoms with E-state index in [2.05, 4.69) is 34.0 Å². The summed E-state index contributed by atoms with van der Waals surface area (Å²) in [6.45, 7) is 4.08. The molecule has 0 radical (unpaired) electrons. The van der Waals surface area contributed by atoms with Crippen molar-refractivity contribution in [2.24, 2.45) is 0 Å². The predicted octanol–water partition coefficient (Wildman–Crippen LogP) is 0.969. The smallest absolute Gasteiger partial charge is 0.315 e. The second-order valence-electron chi connectivity index (χ2n) is 3.67. The van der Waals surface area contributed by atoms with E-state index in [0.717, 1.165) is 12.3 Å². The number of rotatable bonds is 9. The van der Waals surface area contributed by atoms with Crippen LogP contribution in [0.25, 0.3) is 0 Å². The average Bonchev–Trinajstić information content (AvgIpc) is 2.72. The highest BCUT2D eigenvalue weighted by Crippen LogP contribution is 2.08. The maximum absolute atomic E-state index is 5.43. The molecule has 0 saturated carbocycles.